The summed E-state index contributed by atoms with van der Waals surface area (Å²) in [4.78, 5) is 37.6. The Morgan fingerprint density at radius 2 is 1.56 bits per heavy atom. The quantitative estimate of drug-likeness (QED) is 0.127. The molecule has 1 atom stereocenters. The van der Waals surface area contributed by atoms with Gasteiger partial charge in [-0.1, -0.05) is 72.7 Å². The van der Waals surface area contributed by atoms with Crippen LogP contribution in [0.1, 0.15) is 50.9 Å². The second-order valence-electron chi connectivity index (χ2n) is 10.7. The van der Waals surface area contributed by atoms with E-state index in [9.17, 15) is 14.4 Å². The highest BCUT2D eigenvalue weighted by Gasteiger charge is 2.25. The zero-order chi connectivity index (χ0) is 31.2. The van der Waals surface area contributed by atoms with Crippen molar-refractivity contribution in [1.29, 1.82) is 0 Å². The van der Waals surface area contributed by atoms with Crippen LogP contribution in [0.25, 0.3) is 5.57 Å². The normalized spacial score (nSPS) is 11.8. The molecule has 3 aromatic rings. The van der Waals surface area contributed by atoms with Crippen LogP contribution in [0.2, 0.25) is 0 Å². The minimum atomic E-state index is -1.09. The smallest absolute Gasteiger partial charge is 0.408 e. The number of nitrogens with one attached hydrogen (secondary N) is 1. The first-order chi connectivity index (χ1) is 20.5. The summed E-state index contributed by atoms with van der Waals surface area (Å²) in [6.45, 7) is 7.60. The van der Waals surface area contributed by atoms with Gasteiger partial charge < -0.3 is 24.3 Å². The molecule has 0 saturated heterocycles. The number of ether oxygens (including phenoxy) is 4. The molecule has 43 heavy (non-hydrogen) atoms. The number of benzene rings is 3. The van der Waals surface area contributed by atoms with Crippen LogP contribution < -0.4 is 10.1 Å². The molecule has 8 heteroatoms. The first-order valence-corrected chi connectivity index (χ1v) is 13.8. The molecule has 0 saturated carbocycles. The molecule has 0 spiro atoms. The number of allylic oxidation sites excluding steroid dienone is 1. The number of carbonyl (C=O) groups is 3. The maximum absolute atomic E-state index is 12.7. The molecule has 0 aromatic heterocycles. The van der Waals surface area contributed by atoms with Crippen LogP contribution in [-0.2, 0) is 37.0 Å². The van der Waals surface area contributed by atoms with Crippen LogP contribution in [-0.4, -0.2) is 36.8 Å². The monoisotopic (exact) mass is 585 g/mol. The van der Waals surface area contributed by atoms with Gasteiger partial charge in [0.2, 0.25) is 0 Å². The third-order valence-electron chi connectivity index (χ3n) is 6.03. The Morgan fingerprint density at radius 1 is 0.930 bits per heavy atom. The van der Waals surface area contributed by atoms with Crippen LogP contribution in [0, 0.1) is 18.8 Å². The number of amides is 1. The Labute approximate surface area is 254 Å². The maximum Gasteiger partial charge on any atom is 0.408 e. The van der Waals surface area contributed by atoms with E-state index in [2.05, 4.69) is 17.2 Å². The van der Waals surface area contributed by atoms with Crippen molar-refractivity contribution in [3.63, 3.8) is 0 Å². The van der Waals surface area contributed by atoms with Gasteiger partial charge in [0.1, 0.15) is 30.6 Å². The lowest BCUT2D eigenvalue weighted by Gasteiger charge is -2.19. The molecule has 8 nitrogen and oxygen atoms in total. The average molecular weight is 586 g/mol. The summed E-state index contributed by atoms with van der Waals surface area (Å²) in [5.74, 6) is 4.52. The van der Waals surface area contributed by atoms with Crippen molar-refractivity contribution in [1.82, 2.24) is 5.32 Å². The Hall–Kier alpha value is -5.03. The maximum atomic E-state index is 12.7. The molecule has 0 heterocycles. The Morgan fingerprint density at radius 3 is 2.14 bits per heavy atom. The van der Waals surface area contributed by atoms with E-state index in [4.69, 9.17) is 18.9 Å². The summed E-state index contributed by atoms with van der Waals surface area (Å²) in [6, 6.07) is 23.4. The summed E-state index contributed by atoms with van der Waals surface area (Å²) in [5.41, 5.74) is 3.32. The van der Waals surface area contributed by atoms with Crippen LogP contribution >= 0.6 is 0 Å². The lowest BCUT2D eigenvalue weighted by molar-refractivity contribution is -0.147. The molecule has 0 aliphatic heterocycles. The van der Waals surface area contributed by atoms with Crippen molar-refractivity contribution in [2.45, 2.75) is 59.0 Å². The summed E-state index contributed by atoms with van der Waals surface area (Å²) >= 11 is 0. The lowest BCUT2D eigenvalue weighted by atomic mass is 9.94. The van der Waals surface area contributed by atoms with Crippen molar-refractivity contribution in [2.24, 2.45) is 0 Å². The van der Waals surface area contributed by atoms with Gasteiger partial charge in [0.25, 0.3) is 0 Å². The van der Waals surface area contributed by atoms with Gasteiger partial charge in [-0.05, 0) is 73.7 Å². The number of methoxy groups -OCH3 is 1. The van der Waals surface area contributed by atoms with Gasteiger partial charge in [-0.2, -0.15) is 0 Å². The highest BCUT2D eigenvalue weighted by molar-refractivity contribution is 5.90. The second kappa shape index (κ2) is 15.8. The first-order valence-electron chi connectivity index (χ1n) is 13.8. The zero-order valence-corrected chi connectivity index (χ0v) is 25.1. The van der Waals surface area contributed by atoms with E-state index >= 15 is 0 Å². The highest BCUT2D eigenvalue weighted by Crippen LogP contribution is 2.27. The van der Waals surface area contributed by atoms with Crippen LogP contribution in [0.15, 0.2) is 84.9 Å². The predicted molar refractivity (Wildman–Crippen MR) is 166 cm³/mol. The fourth-order valence-corrected chi connectivity index (χ4v) is 4.02. The SMILES string of the molecule is COC(=O)[C@H](C/C(=C/C#CC(=O)OC(C)(C)C)c1ccc(OCc2ccccc2)cc1C)NC(=O)OCc1ccccc1.[HH]. The fourth-order valence-electron chi connectivity index (χ4n) is 4.02. The molecule has 0 aliphatic rings. The molecular weight excluding hydrogens is 546 g/mol. The van der Waals surface area contributed by atoms with Gasteiger partial charge >= 0.3 is 18.0 Å². The van der Waals surface area contributed by atoms with Crippen LogP contribution in [0.4, 0.5) is 4.79 Å². The second-order valence-corrected chi connectivity index (χ2v) is 10.7. The molecular formula is C35H39NO7. The lowest BCUT2D eigenvalue weighted by Crippen LogP contribution is -2.42. The number of rotatable bonds is 10. The van der Waals surface area contributed by atoms with E-state index in [-0.39, 0.29) is 14.5 Å². The number of hydrogen-bond acceptors (Lipinski definition) is 7. The summed E-state index contributed by atoms with van der Waals surface area (Å²) < 4.78 is 21.5. The van der Waals surface area contributed by atoms with Crippen molar-refractivity contribution in [2.75, 3.05) is 7.11 Å². The molecule has 0 radical (unpaired) electrons. The van der Waals surface area contributed by atoms with Crippen molar-refractivity contribution < 1.29 is 34.8 Å². The number of esters is 2. The topological polar surface area (TPSA) is 100 Å². The molecule has 0 unspecified atom stereocenters. The van der Waals surface area contributed by atoms with E-state index < -0.39 is 29.7 Å². The average Bonchev–Trinajstić information content (AvgIpc) is 2.98. The molecule has 0 aliphatic carbocycles. The minimum absolute atomic E-state index is 0. The third kappa shape index (κ3) is 11.4. The van der Waals surface area contributed by atoms with Gasteiger partial charge in [0, 0.05) is 13.8 Å². The van der Waals surface area contributed by atoms with E-state index in [0.717, 1.165) is 22.3 Å². The van der Waals surface area contributed by atoms with E-state index in [1.807, 2.05) is 85.8 Å². The Bertz CT molecular complexity index is 1490. The molecule has 3 aromatic carbocycles. The molecule has 0 fully saturated rings. The minimum Gasteiger partial charge on any atom is -0.489 e. The van der Waals surface area contributed by atoms with Crippen LogP contribution in [0.5, 0.6) is 5.75 Å². The van der Waals surface area contributed by atoms with Gasteiger partial charge in [0.15, 0.2) is 0 Å². The molecule has 226 valence electrons. The predicted octanol–water partition coefficient (Wildman–Crippen LogP) is 6.41. The van der Waals surface area contributed by atoms with Gasteiger partial charge in [-0.15, -0.1) is 0 Å². The van der Waals surface area contributed by atoms with Crippen molar-refractivity contribution in [3.05, 3.63) is 107 Å². The number of carbonyl (C=O) groups excluding carboxylic acids is 3. The van der Waals surface area contributed by atoms with Gasteiger partial charge in [-0.25, -0.2) is 14.4 Å². The molecule has 3 rings (SSSR count). The van der Waals surface area contributed by atoms with E-state index in [1.54, 1.807) is 20.8 Å². The Kier molecular flexibility index (Phi) is 12.0. The molecule has 1 amide bonds. The summed E-state index contributed by atoms with van der Waals surface area (Å²) in [5, 5.41) is 2.60. The largest absolute Gasteiger partial charge is 0.489 e. The first kappa shape index (κ1) is 32.5. The van der Waals surface area contributed by atoms with Gasteiger partial charge in [-0.3, -0.25) is 0 Å². The number of hydrogen-bond donors (Lipinski definition) is 1. The summed E-state index contributed by atoms with van der Waals surface area (Å²) in [7, 11) is 1.24. The Balaban J connectivity index is 0.00000675. The van der Waals surface area contributed by atoms with Crippen molar-refractivity contribution >= 4 is 23.6 Å². The molecule has 0 bridgehead atoms. The van der Waals surface area contributed by atoms with E-state index in [0.29, 0.717) is 17.9 Å². The number of aryl methyl sites for hydroxylation is 1. The van der Waals surface area contributed by atoms with Crippen molar-refractivity contribution in [3.8, 4) is 17.6 Å². The fraction of sp³-hybridized carbons (Fsp3) is 0.286. The zero-order valence-electron chi connectivity index (χ0n) is 25.1. The highest BCUT2D eigenvalue weighted by atomic mass is 16.6. The molecule has 1 N–H and O–H groups in total. The van der Waals surface area contributed by atoms with Crippen LogP contribution in [0.3, 0.4) is 0 Å². The third-order valence-corrected chi connectivity index (χ3v) is 6.03. The van der Waals surface area contributed by atoms with Gasteiger partial charge in [0.05, 0.1) is 7.11 Å². The standard InChI is InChI=1S/C35H37NO7.H2/c1-25-21-29(41-23-26-13-8-6-9-14-26)19-20-30(25)28(17-12-18-32(37)43-35(2,3)4)22-31(33(38)40-5)36-34(39)42-24-27-15-10-7-11-16-27;/h6-11,13-17,19-21,31H,22-24H2,1-5H3,(H,36,39);1H/b28-17-;/t31-;/m0./s1. The summed E-state index contributed by atoms with van der Waals surface area (Å²) in [6.07, 6.45) is 0.769. The number of alkyl carbamates (subject to hydrolysis) is 1. The van der Waals surface area contributed by atoms with E-state index in [1.165, 1.54) is 13.2 Å².